The first-order chi connectivity index (χ1) is 16.5. The first kappa shape index (κ1) is 21.9. The molecule has 4 aromatic rings. The van der Waals surface area contributed by atoms with Crippen molar-refractivity contribution in [2.75, 3.05) is 23.3 Å². The minimum Gasteiger partial charge on any atom is -0.486 e. The summed E-state index contributed by atoms with van der Waals surface area (Å²) in [5, 5.41) is 5.55. The monoisotopic (exact) mass is 493 g/mol. The fraction of sp³-hybridized carbons (Fsp3) is 0.0833. The first-order valence-corrected chi connectivity index (χ1v) is 12.7. The smallest absolute Gasteiger partial charge is 0.262 e. The lowest BCUT2D eigenvalue weighted by molar-refractivity contribution is 0.102. The SMILES string of the molecule is O=C(Nc1cccc(-c2nccs2)c1)c1ccccc1NS(=O)(=O)c1ccc2c(c1)OCCO2. The molecule has 1 amide bonds. The number of benzene rings is 3. The molecule has 8 nitrogen and oxygen atoms in total. The van der Waals surface area contributed by atoms with Crippen LogP contribution >= 0.6 is 11.3 Å². The molecule has 3 aromatic carbocycles. The van der Waals surface area contributed by atoms with E-state index >= 15 is 0 Å². The second kappa shape index (κ2) is 9.16. The Hall–Kier alpha value is -3.89. The Kier molecular flexibility index (Phi) is 5.91. The van der Waals surface area contributed by atoms with Gasteiger partial charge in [-0.3, -0.25) is 9.52 Å². The molecule has 0 fully saturated rings. The van der Waals surface area contributed by atoms with Crippen LogP contribution in [0.4, 0.5) is 11.4 Å². The maximum atomic E-state index is 13.1. The van der Waals surface area contributed by atoms with E-state index in [1.807, 2.05) is 23.6 Å². The van der Waals surface area contributed by atoms with E-state index in [-0.39, 0.29) is 16.1 Å². The summed E-state index contributed by atoms with van der Waals surface area (Å²) in [6, 6.07) is 18.1. The van der Waals surface area contributed by atoms with E-state index in [9.17, 15) is 13.2 Å². The lowest BCUT2D eigenvalue weighted by Crippen LogP contribution is -2.19. The van der Waals surface area contributed by atoms with Crippen LogP contribution in [0.25, 0.3) is 10.6 Å². The van der Waals surface area contributed by atoms with Gasteiger partial charge in [-0.05, 0) is 36.4 Å². The molecule has 0 bridgehead atoms. The van der Waals surface area contributed by atoms with Crippen LogP contribution in [-0.2, 0) is 10.0 Å². The molecule has 0 unspecified atom stereocenters. The molecule has 34 heavy (non-hydrogen) atoms. The molecule has 5 rings (SSSR count). The number of hydrogen-bond donors (Lipinski definition) is 2. The number of para-hydroxylation sites is 1. The average Bonchev–Trinajstić information content (AvgIpc) is 3.39. The molecule has 1 aliphatic heterocycles. The van der Waals surface area contributed by atoms with Crippen molar-refractivity contribution in [1.29, 1.82) is 0 Å². The van der Waals surface area contributed by atoms with Crippen molar-refractivity contribution in [3.05, 3.63) is 83.9 Å². The van der Waals surface area contributed by atoms with E-state index in [2.05, 4.69) is 15.0 Å². The lowest BCUT2D eigenvalue weighted by Gasteiger charge is -2.19. The number of thiazole rings is 1. The zero-order valence-electron chi connectivity index (χ0n) is 17.7. The van der Waals surface area contributed by atoms with E-state index in [1.54, 1.807) is 36.5 Å². The molecule has 0 aliphatic carbocycles. The first-order valence-electron chi connectivity index (χ1n) is 10.3. The molecular formula is C24H19N3O5S2. The molecule has 0 spiro atoms. The molecule has 1 aliphatic rings. The second-order valence-corrected chi connectivity index (χ2v) is 9.91. The quantitative estimate of drug-likeness (QED) is 0.406. The highest BCUT2D eigenvalue weighted by atomic mass is 32.2. The van der Waals surface area contributed by atoms with Crippen LogP contribution in [0.1, 0.15) is 10.4 Å². The van der Waals surface area contributed by atoms with Gasteiger partial charge in [-0.1, -0.05) is 24.3 Å². The number of carbonyl (C=O) groups excluding carboxylic acids is 1. The summed E-state index contributed by atoms with van der Waals surface area (Å²) >= 11 is 1.50. The van der Waals surface area contributed by atoms with Gasteiger partial charge in [0.15, 0.2) is 11.5 Å². The number of amides is 1. The van der Waals surface area contributed by atoms with E-state index in [4.69, 9.17) is 9.47 Å². The highest BCUT2D eigenvalue weighted by Gasteiger charge is 2.22. The fourth-order valence-corrected chi connectivity index (χ4v) is 5.19. The molecule has 2 heterocycles. The molecule has 2 N–H and O–H groups in total. The minimum absolute atomic E-state index is 0.00288. The molecule has 0 atom stereocenters. The van der Waals surface area contributed by atoms with Crippen molar-refractivity contribution >= 4 is 38.6 Å². The summed E-state index contributed by atoms with van der Waals surface area (Å²) in [6.45, 7) is 0.753. The van der Waals surface area contributed by atoms with Crippen LogP contribution in [0.2, 0.25) is 0 Å². The number of fused-ring (bicyclic) bond motifs is 1. The number of sulfonamides is 1. The van der Waals surface area contributed by atoms with E-state index in [0.29, 0.717) is 30.4 Å². The van der Waals surface area contributed by atoms with Gasteiger partial charge in [0.25, 0.3) is 15.9 Å². The maximum absolute atomic E-state index is 13.1. The van der Waals surface area contributed by atoms with Crippen LogP contribution < -0.4 is 19.5 Å². The van der Waals surface area contributed by atoms with Crippen LogP contribution in [-0.4, -0.2) is 32.5 Å². The average molecular weight is 494 g/mol. The zero-order chi connectivity index (χ0) is 23.5. The molecule has 0 saturated carbocycles. The maximum Gasteiger partial charge on any atom is 0.262 e. The van der Waals surface area contributed by atoms with Gasteiger partial charge in [-0.15, -0.1) is 11.3 Å². The third kappa shape index (κ3) is 4.59. The van der Waals surface area contributed by atoms with Crippen molar-refractivity contribution in [3.63, 3.8) is 0 Å². The number of hydrogen-bond acceptors (Lipinski definition) is 7. The molecule has 0 saturated heterocycles. The Bertz CT molecular complexity index is 1450. The third-order valence-electron chi connectivity index (χ3n) is 5.04. The van der Waals surface area contributed by atoms with Gasteiger partial charge in [-0.2, -0.15) is 0 Å². The Balaban J connectivity index is 1.38. The summed E-state index contributed by atoms with van der Waals surface area (Å²) < 4.78 is 39.6. The van der Waals surface area contributed by atoms with Crippen molar-refractivity contribution in [3.8, 4) is 22.1 Å². The molecule has 1 aromatic heterocycles. The minimum atomic E-state index is -3.98. The number of aromatic nitrogens is 1. The fourth-order valence-electron chi connectivity index (χ4n) is 3.46. The third-order valence-corrected chi connectivity index (χ3v) is 7.23. The highest BCUT2D eigenvalue weighted by molar-refractivity contribution is 7.92. The van der Waals surface area contributed by atoms with Gasteiger partial charge in [0.05, 0.1) is 16.1 Å². The van der Waals surface area contributed by atoms with Gasteiger partial charge in [0.1, 0.15) is 18.2 Å². The predicted octanol–water partition coefficient (Wildman–Crippen LogP) is 4.63. The summed E-state index contributed by atoms with van der Waals surface area (Å²) in [4.78, 5) is 17.3. The Morgan fingerprint density at radius 1 is 0.941 bits per heavy atom. The number of nitrogens with zero attached hydrogens (tertiary/aromatic N) is 1. The topological polar surface area (TPSA) is 107 Å². The summed E-state index contributed by atoms with van der Waals surface area (Å²) in [7, 11) is -3.98. The summed E-state index contributed by atoms with van der Waals surface area (Å²) in [5.74, 6) is 0.405. The Labute approximate surface area is 200 Å². The number of ether oxygens (including phenoxy) is 2. The number of rotatable bonds is 6. The van der Waals surface area contributed by atoms with Gasteiger partial charge in [0.2, 0.25) is 0 Å². The largest absolute Gasteiger partial charge is 0.486 e. The van der Waals surface area contributed by atoms with Gasteiger partial charge in [-0.25, -0.2) is 13.4 Å². The molecule has 10 heteroatoms. The van der Waals surface area contributed by atoms with E-state index in [0.717, 1.165) is 10.6 Å². The molecular weight excluding hydrogens is 474 g/mol. The van der Waals surface area contributed by atoms with Gasteiger partial charge >= 0.3 is 0 Å². The zero-order valence-corrected chi connectivity index (χ0v) is 19.4. The van der Waals surface area contributed by atoms with E-state index < -0.39 is 15.9 Å². The number of carbonyl (C=O) groups is 1. The number of nitrogens with one attached hydrogen (secondary N) is 2. The van der Waals surface area contributed by atoms with Crippen LogP contribution in [0, 0.1) is 0 Å². The van der Waals surface area contributed by atoms with Gasteiger partial charge in [0, 0.05) is 28.9 Å². The van der Waals surface area contributed by atoms with Crippen molar-refractivity contribution in [2.45, 2.75) is 4.90 Å². The normalized spacial score (nSPS) is 12.7. The van der Waals surface area contributed by atoms with Crippen molar-refractivity contribution in [1.82, 2.24) is 4.98 Å². The lowest BCUT2D eigenvalue weighted by atomic mass is 10.1. The van der Waals surface area contributed by atoms with Crippen molar-refractivity contribution in [2.24, 2.45) is 0 Å². The molecule has 172 valence electrons. The molecule has 0 radical (unpaired) electrons. The van der Waals surface area contributed by atoms with Crippen LogP contribution in [0.5, 0.6) is 11.5 Å². The van der Waals surface area contributed by atoms with Crippen LogP contribution in [0.3, 0.4) is 0 Å². The Morgan fingerprint density at radius 2 is 1.76 bits per heavy atom. The van der Waals surface area contributed by atoms with Crippen molar-refractivity contribution < 1.29 is 22.7 Å². The predicted molar refractivity (Wildman–Crippen MR) is 130 cm³/mol. The second-order valence-electron chi connectivity index (χ2n) is 7.33. The highest BCUT2D eigenvalue weighted by Crippen LogP contribution is 2.33. The van der Waals surface area contributed by atoms with Gasteiger partial charge < -0.3 is 14.8 Å². The summed E-state index contributed by atoms with van der Waals surface area (Å²) in [5.41, 5.74) is 1.79. The van der Waals surface area contributed by atoms with E-state index in [1.165, 1.54) is 29.5 Å². The standard InChI is InChI=1S/C24H19N3O5S2/c28-23(26-17-5-3-4-16(14-17)24-25-10-13-33-24)19-6-1-2-7-20(19)27-34(29,30)18-8-9-21-22(15-18)32-12-11-31-21/h1-10,13-15,27H,11-12H2,(H,26,28). The summed E-state index contributed by atoms with van der Waals surface area (Å²) in [6.07, 6.45) is 1.72. The Morgan fingerprint density at radius 3 is 2.59 bits per heavy atom. The number of anilines is 2. The van der Waals surface area contributed by atoms with Crippen LogP contribution in [0.15, 0.2) is 83.2 Å².